The van der Waals surface area contributed by atoms with Crippen LogP contribution in [0.1, 0.15) is 30.7 Å². The summed E-state index contributed by atoms with van der Waals surface area (Å²) in [6.07, 6.45) is 1.68. The zero-order valence-electron chi connectivity index (χ0n) is 11.9. The largest absolute Gasteiger partial charge is 0.409 e. The maximum absolute atomic E-state index is 12.2. The third-order valence-electron chi connectivity index (χ3n) is 2.99. The van der Waals surface area contributed by atoms with Crippen molar-refractivity contribution < 1.29 is 13.6 Å². The van der Waals surface area contributed by atoms with Gasteiger partial charge in [-0.25, -0.2) is 13.1 Å². The molecule has 1 aromatic rings. The van der Waals surface area contributed by atoms with E-state index in [4.69, 9.17) is 10.9 Å². The molecule has 0 saturated heterocycles. The van der Waals surface area contributed by atoms with Crippen LogP contribution in [-0.2, 0) is 17.1 Å². The smallest absolute Gasteiger partial charge is 0.244 e. The summed E-state index contributed by atoms with van der Waals surface area (Å²) in [7, 11) is -1.84. The Kier molecular flexibility index (Phi) is 5.52. The van der Waals surface area contributed by atoms with Crippen LogP contribution < -0.4 is 10.5 Å². The Bertz CT molecular complexity index is 591. The zero-order chi connectivity index (χ0) is 15.3. The van der Waals surface area contributed by atoms with Crippen molar-refractivity contribution >= 4 is 15.9 Å². The first-order valence-electron chi connectivity index (χ1n) is 6.26. The summed E-state index contributed by atoms with van der Waals surface area (Å²) >= 11 is 0. The van der Waals surface area contributed by atoms with Gasteiger partial charge in [-0.1, -0.05) is 5.16 Å². The van der Waals surface area contributed by atoms with E-state index in [0.29, 0.717) is 37.2 Å². The fraction of sp³-hybridized carbons (Fsp3) is 0.636. The van der Waals surface area contributed by atoms with Gasteiger partial charge in [-0.05, 0) is 26.7 Å². The fourth-order valence-electron chi connectivity index (χ4n) is 1.90. The Morgan fingerprint density at radius 2 is 2.10 bits per heavy atom. The first-order chi connectivity index (χ1) is 9.29. The molecule has 0 saturated carbocycles. The maximum atomic E-state index is 12.2. The molecule has 8 nitrogen and oxygen atoms in total. The summed E-state index contributed by atoms with van der Waals surface area (Å²) in [5.41, 5.74) is 6.41. The Morgan fingerprint density at radius 3 is 2.60 bits per heavy atom. The van der Waals surface area contributed by atoms with Gasteiger partial charge in [0, 0.05) is 20.0 Å². The van der Waals surface area contributed by atoms with Gasteiger partial charge in [0.05, 0.1) is 11.4 Å². The predicted molar refractivity (Wildman–Crippen MR) is 75.1 cm³/mol. The summed E-state index contributed by atoms with van der Waals surface area (Å²) in [5, 5.41) is 15.3. The van der Waals surface area contributed by atoms with E-state index in [0.717, 1.165) is 0 Å². The van der Waals surface area contributed by atoms with Crippen LogP contribution in [0.25, 0.3) is 0 Å². The molecule has 0 spiro atoms. The molecule has 4 N–H and O–H groups in total. The fourth-order valence-corrected chi connectivity index (χ4v) is 3.41. The number of aromatic nitrogens is 2. The minimum atomic E-state index is -3.55. The quantitative estimate of drug-likeness (QED) is 0.219. The molecule has 0 amide bonds. The molecule has 0 aliphatic rings. The van der Waals surface area contributed by atoms with E-state index in [2.05, 4.69) is 15.0 Å². The van der Waals surface area contributed by atoms with Gasteiger partial charge in [-0.3, -0.25) is 4.68 Å². The highest BCUT2D eigenvalue weighted by Crippen LogP contribution is 2.18. The molecule has 1 rings (SSSR count). The first kappa shape index (κ1) is 16.4. The number of nitrogens with two attached hydrogens (primary N) is 1. The van der Waals surface area contributed by atoms with Crippen molar-refractivity contribution in [2.45, 2.75) is 38.0 Å². The van der Waals surface area contributed by atoms with Gasteiger partial charge >= 0.3 is 0 Å². The van der Waals surface area contributed by atoms with Gasteiger partial charge in [0.2, 0.25) is 10.0 Å². The molecule has 114 valence electrons. The highest BCUT2D eigenvalue weighted by molar-refractivity contribution is 7.89. The third-order valence-corrected chi connectivity index (χ3v) is 4.70. The summed E-state index contributed by atoms with van der Waals surface area (Å²) in [4.78, 5) is 0.233. The number of rotatable bonds is 7. The van der Waals surface area contributed by atoms with Crippen molar-refractivity contribution in [2.75, 3.05) is 6.54 Å². The monoisotopic (exact) mass is 303 g/mol. The molecule has 1 heterocycles. The van der Waals surface area contributed by atoms with Crippen LogP contribution in [-0.4, -0.2) is 35.8 Å². The van der Waals surface area contributed by atoms with E-state index >= 15 is 0 Å². The van der Waals surface area contributed by atoms with Gasteiger partial charge in [0.1, 0.15) is 10.7 Å². The van der Waals surface area contributed by atoms with Crippen LogP contribution in [0.4, 0.5) is 0 Å². The van der Waals surface area contributed by atoms with Gasteiger partial charge in [0.25, 0.3) is 0 Å². The van der Waals surface area contributed by atoms with E-state index in [-0.39, 0.29) is 10.7 Å². The molecule has 9 heteroatoms. The van der Waals surface area contributed by atoms with E-state index in [1.807, 2.05) is 0 Å². The maximum Gasteiger partial charge on any atom is 0.244 e. The number of hydrogen-bond acceptors (Lipinski definition) is 5. The van der Waals surface area contributed by atoms with Gasteiger partial charge in [-0.15, -0.1) is 0 Å². The van der Waals surface area contributed by atoms with Gasteiger partial charge in [0.15, 0.2) is 0 Å². The number of unbranched alkanes of at least 4 members (excludes halogenated alkanes) is 1. The van der Waals surface area contributed by atoms with E-state index in [9.17, 15) is 8.42 Å². The van der Waals surface area contributed by atoms with Crippen molar-refractivity contribution in [3.8, 4) is 0 Å². The number of hydrogen-bond donors (Lipinski definition) is 3. The highest BCUT2D eigenvalue weighted by Gasteiger charge is 2.22. The minimum absolute atomic E-state index is 0.145. The number of amidine groups is 1. The summed E-state index contributed by atoms with van der Waals surface area (Å²) in [5.74, 6) is 0.145. The Hall–Kier alpha value is -1.61. The lowest BCUT2D eigenvalue weighted by atomic mass is 10.2. The van der Waals surface area contributed by atoms with Crippen LogP contribution >= 0.6 is 0 Å². The third kappa shape index (κ3) is 3.94. The zero-order valence-corrected chi connectivity index (χ0v) is 12.7. The molecular formula is C11H21N5O3S. The normalized spacial score (nSPS) is 12.8. The Balaban J connectivity index is 2.59. The number of sulfonamides is 1. The molecule has 0 aromatic carbocycles. The molecule has 0 unspecified atom stereocenters. The summed E-state index contributed by atoms with van der Waals surface area (Å²) < 4.78 is 28.5. The van der Waals surface area contributed by atoms with Crippen LogP contribution in [0.5, 0.6) is 0 Å². The van der Waals surface area contributed by atoms with E-state index in [1.54, 1.807) is 25.6 Å². The lowest BCUT2D eigenvalue weighted by Gasteiger charge is -2.07. The van der Waals surface area contributed by atoms with Crippen LogP contribution in [0, 0.1) is 13.8 Å². The second-order valence-corrected chi connectivity index (χ2v) is 6.27. The summed E-state index contributed by atoms with van der Waals surface area (Å²) in [6, 6.07) is 0. The van der Waals surface area contributed by atoms with Crippen molar-refractivity contribution in [2.24, 2.45) is 17.9 Å². The predicted octanol–water partition coefficient (Wildman–Crippen LogP) is 0.232. The van der Waals surface area contributed by atoms with E-state index < -0.39 is 10.0 Å². The Labute approximate surface area is 118 Å². The number of nitrogens with zero attached hydrogens (tertiary/aromatic N) is 3. The molecule has 1 aromatic heterocycles. The SMILES string of the molecule is Cc1nn(C)c(C)c1S(=O)(=O)NCCCCC(N)=NO. The average Bonchev–Trinajstić information content (AvgIpc) is 2.62. The number of oxime groups is 1. The average molecular weight is 303 g/mol. The standard InChI is InChI=1S/C11H21N5O3S/c1-8-11(9(2)16(3)14-8)20(18,19)13-7-5-4-6-10(12)15-17/h13,17H,4-7H2,1-3H3,(H2,12,15). The van der Waals surface area contributed by atoms with Crippen molar-refractivity contribution in [1.29, 1.82) is 0 Å². The van der Waals surface area contributed by atoms with Gasteiger partial charge in [-0.2, -0.15) is 5.10 Å². The molecule has 0 bridgehead atoms. The molecule has 20 heavy (non-hydrogen) atoms. The summed E-state index contributed by atoms with van der Waals surface area (Å²) in [6.45, 7) is 3.68. The molecule has 0 radical (unpaired) electrons. The lowest BCUT2D eigenvalue weighted by molar-refractivity contribution is 0.316. The lowest BCUT2D eigenvalue weighted by Crippen LogP contribution is -2.26. The first-order valence-corrected chi connectivity index (χ1v) is 7.74. The van der Waals surface area contributed by atoms with E-state index in [1.165, 1.54) is 0 Å². The highest BCUT2D eigenvalue weighted by atomic mass is 32.2. The second-order valence-electron chi connectivity index (χ2n) is 4.57. The molecule has 0 aliphatic carbocycles. The van der Waals surface area contributed by atoms with Crippen LogP contribution in [0.3, 0.4) is 0 Å². The van der Waals surface area contributed by atoms with Gasteiger partial charge < -0.3 is 10.9 Å². The molecule has 0 aliphatic heterocycles. The van der Waals surface area contributed by atoms with Crippen molar-refractivity contribution in [1.82, 2.24) is 14.5 Å². The molecule has 0 fully saturated rings. The second kappa shape index (κ2) is 6.71. The number of aryl methyl sites for hydroxylation is 2. The Morgan fingerprint density at radius 1 is 1.45 bits per heavy atom. The minimum Gasteiger partial charge on any atom is -0.409 e. The molecular weight excluding hydrogens is 282 g/mol. The molecule has 0 atom stereocenters. The topological polar surface area (TPSA) is 123 Å². The number of nitrogens with one attached hydrogen (secondary N) is 1. The van der Waals surface area contributed by atoms with Crippen molar-refractivity contribution in [3.63, 3.8) is 0 Å². The van der Waals surface area contributed by atoms with Crippen molar-refractivity contribution in [3.05, 3.63) is 11.4 Å². The van der Waals surface area contributed by atoms with Crippen LogP contribution in [0.2, 0.25) is 0 Å². The van der Waals surface area contributed by atoms with Crippen LogP contribution in [0.15, 0.2) is 10.1 Å².